The Hall–Kier alpha value is -0.370. The van der Waals surface area contributed by atoms with Crippen LogP contribution in [0.2, 0.25) is 0 Å². The number of ketones is 1. The molecule has 0 saturated heterocycles. The van der Waals surface area contributed by atoms with Gasteiger partial charge in [-0.2, -0.15) is 0 Å². The van der Waals surface area contributed by atoms with E-state index in [1.54, 1.807) is 0 Å². The Morgan fingerprint density at radius 1 is 1.41 bits per heavy atom. The Labute approximate surface area is 106 Å². The Kier molecular flexibility index (Phi) is 4.40. The molecule has 1 saturated carbocycles. The second-order valence-electron chi connectivity index (χ2n) is 7.20. The topological polar surface area (TPSA) is 26.3 Å². The van der Waals surface area contributed by atoms with Crippen LogP contribution < -0.4 is 0 Å². The molecule has 2 nitrogen and oxygen atoms in total. The molecule has 0 N–H and O–H groups in total. The van der Waals surface area contributed by atoms with Crippen LogP contribution in [0.1, 0.15) is 60.8 Å². The molecule has 17 heavy (non-hydrogen) atoms. The molecular weight excluding hydrogens is 212 g/mol. The fraction of sp³-hybridized carbons (Fsp3) is 0.933. The molecule has 0 spiro atoms. The molecule has 2 unspecified atom stereocenters. The maximum Gasteiger partial charge on any atom is 0.135 e. The lowest BCUT2D eigenvalue weighted by Crippen LogP contribution is -2.19. The first kappa shape index (κ1) is 14.7. The molecule has 0 aromatic rings. The standard InChI is InChI=1S/C15H28O2/c1-11(2)13(16)9-12-10-15(12,6)17-8-7-14(3,4)5/h11-12H,7-10H2,1-6H3. The van der Waals surface area contributed by atoms with Gasteiger partial charge in [-0.05, 0) is 31.1 Å². The lowest BCUT2D eigenvalue weighted by atomic mass is 9.93. The van der Waals surface area contributed by atoms with Gasteiger partial charge in [0.25, 0.3) is 0 Å². The monoisotopic (exact) mass is 240 g/mol. The molecule has 0 amide bonds. The van der Waals surface area contributed by atoms with E-state index >= 15 is 0 Å². The maximum atomic E-state index is 11.7. The molecule has 1 aliphatic carbocycles. The average molecular weight is 240 g/mol. The number of hydrogen-bond donors (Lipinski definition) is 0. The van der Waals surface area contributed by atoms with Crippen LogP contribution in [0.25, 0.3) is 0 Å². The molecule has 0 radical (unpaired) electrons. The van der Waals surface area contributed by atoms with Crippen LogP contribution in [-0.2, 0) is 9.53 Å². The van der Waals surface area contributed by atoms with Gasteiger partial charge in [-0.1, -0.05) is 34.6 Å². The van der Waals surface area contributed by atoms with Crippen LogP contribution in [-0.4, -0.2) is 18.0 Å². The highest BCUT2D eigenvalue weighted by molar-refractivity contribution is 5.81. The smallest absolute Gasteiger partial charge is 0.135 e. The van der Waals surface area contributed by atoms with Crippen molar-refractivity contribution in [3.8, 4) is 0 Å². The molecule has 0 bridgehead atoms. The van der Waals surface area contributed by atoms with Gasteiger partial charge in [0.1, 0.15) is 5.78 Å². The fourth-order valence-corrected chi connectivity index (χ4v) is 1.96. The van der Waals surface area contributed by atoms with Gasteiger partial charge in [0.15, 0.2) is 0 Å². The molecule has 1 fully saturated rings. The van der Waals surface area contributed by atoms with Gasteiger partial charge in [-0.25, -0.2) is 0 Å². The quantitative estimate of drug-likeness (QED) is 0.705. The Morgan fingerprint density at radius 2 is 2.00 bits per heavy atom. The molecule has 0 heterocycles. The van der Waals surface area contributed by atoms with E-state index in [1.165, 1.54) is 0 Å². The van der Waals surface area contributed by atoms with Crippen molar-refractivity contribution in [2.45, 2.75) is 66.4 Å². The molecule has 0 aliphatic heterocycles. The molecule has 0 aromatic carbocycles. The van der Waals surface area contributed by atoms with Crippen LogP contribution >= 0.6 is 0 Å². The summed E-state index contributed by atoms with van der Waals surface area (Å²) in [6.45, 7) is 13.6. The zero-order valence-corrected chi connectivity index (χ0v) is 12.3. The van der Waals surface area contributed by atoms with Gasteiger partial charge >= 0.3 is 0 Å². The van der Waals surface area contributed by atoms with Crippen molar-refractivity contribution in [3.63, 3.8) is 0 Å². The van der Waals surface area contributed by atoms with E-state index in [1.807, 2.05) is 13.8 Å². The van der Waals surface area contributed by atoms with Crippen molar-refractivity contribution in [2.75, 3.05) is 6.61 Å². The zero-order valence-electron chi connectivity index (χ0n) is 12.3. The lowest BCUT2D eigenvalue weighted by molar-refractivity contribution is -0.122. The Bertz CT molecular complexity index is 275. The SMILES string of the molecule is CC(C)C(=O)CC1CC1(C)OCCC(C)(C)C. The molecule has 2 heteroatoms. The summed E-state index contributed by atoms with van der Waals surface area (Å²) in [6.07, 6.45) is 2.83. The van der Waals surface area contributed by atoms with Crippen LogP contribution in [0.15, 0.2) is 0 Å². The fourth-order valence-electron chi connectivity index (χ4n) is 1.96. The number of carbonyl (C=O) groups excluding carboxylic acids is 1. The molecule has 0 aromatic heterocycles. The minimum absolute atomic E-state index is 0.0181. The van der Waals surface area contributed by atoms with Crippen molar-refractivity contribution in [1.29, 1.82) is 0 Å². The Morgan fingerprint density at radius 3 is 2.47 bits per heavy atom. The number of carbonyl (C=O) groups is 1. The minimum atomic E-state index is -0.0181. The largest absolute Gasteiger partial charge is 0.375 e. The van der Waals surface area contributed by atoms with Gasteiger partial charge in [0, 0.05) is 18.9 Å². The van der Waals surface area contributed by atoms with Crippen LogP contribution in [0.5, 0.6) is 0 Å². The van der Waals surface area contributed by atoms with Crippen molar-refractivity contribution in [2.24, 2.45) is 17.3 Å². The van der Waals surface area contributed by atoms with Crippen molar-refractivity contribution < 1.29 is 9.53 Å². The number of Topliss-reactive ketones (excluding diaryl/α,β-unsaturated/α-hetero) is 1. The highest BCUT2D eigenvalue weighted by atomic mass is 16.5. The first-order valence-corrected chi connectivity index (χ1v) is 6.81. The lowest BCUT2D eigenvalue weighted by Gasteiger charge is -2.20. The summed E-state index contributed by atoms with van der Waals surface area (Å²) in [7, 11) is 0. The average Bonchev–Trinajstić information content (AvgIpc) is 2.74. The van der Waals surface area contributed by atoms with E-state index in [2.05, 4.69) is 27.7 Å². The summed E-state index contributed by atoms with van der Waals surface area (Å²) in [6, 6.07) is 0. The predicted octanol–water partition coefficient (Wildman–Crippen LogP) is 3.83. The first-order chi connectivity index (χ1) is 7.64. The number of rotatable bonds is 6. The van der Waals surface area contributed by atoms with Crippen molar-refractivity contribution >= 4 is 5.78 Å². The van der Waals surface area contributed by atoms with E-state index < -0.39 is 0 Å². The van der Waals surface area contributed by atoms with E-state index in [-0.39, 0.29) is 11.5 Å². The van der Waals surface area contributed by atoms with Gasteiger partial charge < -0.3 is 4.74 Å². The summed E-state index contributed by atoms with van der Waals surface area (Å²) >= 11 is 0. The molecule has 1 aliphatic rings. The van der Waals surface area contributed by atoms with Crippen molar-refractivity contribution in [3.05, 3.63) is 0 Å². The van der Waals surface area contributed by atoms with E-state index in [9.17, 15) is 4.79 Å². The summed E-state index contributed by atoms with van der Waals surface area (Å²) in [5.74, 6) is 0.991. The third-order valence-corrected chi connectivity index (χ3v) is 3.73. The summed E-state index contributed by atoms with van der Waals surface area (Å²) in [5, 5.41) is 0. The highest BCUT2D eigenvalue weighted by Gasteiger charge is 2.52. The number of ether oxygens (including phenoxy) is 1. The van der Waals surface area contributed by atoms with Gasteiger partial charge in [0.2, 0.25) is 0 Å². The van der Waals surface area contributed by atoms with Crippen LogP contribution in [0.3, 0.4) is 0 Å². The van der Waals surface area contributed by atoms with Crippen molar-refractivity contribution in [1.82, 2.24) is 0 Å². The van der Waals surface area contributed by atoms with Crippen LogP contribution in [0.4, 0.5) is 0 Å². The van der Waals surface area contributed by atoms with Crippen LogP contribution in [0, 0.1) is 17.3 Å². The third kappa shape index (κ3) is 4.79. The minimum Gasteiger partial charge on any atom is -0.375 e. The Balaban J connectivity index is 2.26. The molecule has 2 atom stereocenters. The molecular formula is C15H28O2. The van der Waals surface area contributed by atoms with Gasteiger partial charge in [0.05, 0.1) is 5.60 Å². The van der Waals surface area contributed by atoms with E-state index in [4.69, 9.17) is 4.74 Å². The second kappa shape index (κ2) is 5.09. The molecule has 100 valence electrons. The second-order valence-corrected chi connectivity index (χ2v) is 7.20. The highest BCUT2D eigenvalue weighted by Crippen LogP contribution is 2.49. The predicted molar refractivity (Wildman–Crippen MR) is 71.0 cm³/mol. The van der Waals surface area contributed by atoms with Gasteiger partial charge in [-0.3, -0.25) is 4.79 Å². The normalized spacial score (nSPS) is 28.5. The molecule has 1 rings (SSSR count). The summed E-state index contributed by atoms with van der Waals surface area (Å²) in [5.41, 5.74) is 0.310. The van der Waals surface area contributed by atoms with Gasteiger partial charge in [-0.15, -0.1) is 0 Å². The zero-order chi connectivity index (χ0) is 13.3. The first-order valence-electron chi connectivity index (χ1n) is 6.81. The third-order valence-electron chi connectivity index (χ3n) is 3.73. The van der Waals surface area contributed by atoms with E-state index in [0.717, 1.165) is 19.4 Å². The summed E-state index contributed by atoms with van der Waals surface area (Å²) in [4.78, 5) is 11.7. The summed E-state index contributed by atoms with van der Waals surface area (Å²) < 4.78 is 5.96. The number of hydrogen-bond acceptors (Lipinski definition) is 2. The maximum absolute atomic E-state index is 11.7. The van der Waals surface area contributed by atoms with E-state index in [0.29, 0.717) is 23.5 Å².